The number of amides is 1. The van der Waals surface area contributed by atoms with E-state index in [0.717, 1.165) is 19.5 Å². The molecule has 88 valence electrons. The van der Waals surface area contributed by atoms with E-state index in [1.54, 1.807) is 11.9 Å². The minimum absolute atomic E-state index is 0.229. The van der Waals surface area contributed by atoms with Crippen molar-refractivity contribution < 1.29 is 9.53 Å². The van der Waals surface area contributed by atoms with Crippen molar-refractivity contribution in [2.45, 2.75) is 38.8 Å². The molecule has 0 spiro atoms. The highest BCUT2D eigenvalue weighted by Crippen LogP contribution is 2.16. The molecule has 1 aliphatic rings. The molecule has 5 heteroatoms. The summed E-state index contributed by atoms with van der Waals surface area (Å²) in [4.78, 5) is 11.5. The average Bonchev–Trinajstić information content (AvgIpc) is 2.48. The number of alkyl carbamates (subject to hydrolysis) is 1. The summed E-state index contributed by atoms with van der Waals surface area (Å²) in [7, 11) is 0. The van der Waals surface area contributed by atoms with Crippen LogP contribution in [-0.2, 0) is 4.74 Å². The minimum Gasteiger partial charge on any atom is -0.444 e. The van der Waals surface area contributed by atoms with Gasteiger partial charge in [0.25, 0.3) is 0 Å². The molecule has 0 saturated carbocycles. The Balaban J connectivity index is 2.28. The van der Waals surface area contributed by atoms with Crippen LogP contribution in [0.5, 0.6) is 0 Å². The second kappa shape index (κ2) is 5.07. The molecule has 0 aromatic carbocycles. The first-order chi connectivity index (χ1) is 6.90. The summed E-state index contributed by atoms with van der Waals surface area (Å²) < 4.78 is 7.43. The number of hydrogen-bond acceptors (Lipinski definition) is 4. The number of hydrogen-bond donors (Lipinski definition) is 1. The summed E-state index contributed by atoms with van der Waals surface area (Å²) in [5.74, 6) is 0. The topological polar surface area (TPSA) is 41.6 Å². The van der Waals surface area contributed by atoms with Gasteiger partial charge in [-0.2, -0.15) is 0 Å². The maximum absolute atomic E-state index is 11.5. The molecule has 1 amide bonds. The summed E-state index contributed by atoms with van der Waals surface area (Å²) in [5.41, 5.74) is -0.415. The van der Waals surface area contributed by atoms with Gasteiger partial charge in [0.05, 0.1) is 0 Å². The Bertz CT molecular complexity index is 228. The van der Waals surface area contributed by atoms with Gasteiger partial charge in [-0.25, -0.2) is 9.10 Å². The minimum atomic E-state index is -0.415. The van der Waals surface area contributed by atoms with Crippen LogP contribution in [0.25, 0.3) is 0 Å². The van der Waals surface area contributed by atoms with E-state index in [-0.39, 0.29) is 12.1 Å². The van der Waals surface area contributed by atoms with E-state index < -0.39 is 5.60 Å². The lowest BCUT2D eigenvalue weighted by atomic mass is 10.2. The smallest absolute Gasteiger partial charge is 0.407 e. The molecule has 4 nitrogen and oxygen atoms in total. The van der Waals surface area contributed by atoms with Gasteiger partial charge < -0.3 is 10.1 Å². The van der Waals surface area contributed by atoms with Crippen LogP contribution < -0.4 is 5.32 Å². The first-order valence-corrected chi connectivity index (χ1v) is 6.37. The van der Waals surface area contributed by atoms with Crippen molar-refractivity contribution >= 4 is 18.0 Å². The van der Waals surface area contributed by atoms with E-state index >= 15 is 0 Å². The van der Waals surface area contributed by atoms with E-state index in [4.69, 9.17) is 4.74 Å². The molecule has 1 N–H and O–H groups in total. The molecule has 1 saturated heterocycles. The van der Waals surface area contributed by atoms with E-state index in [1.165, 1.54) is 0 Å². The van der Waals surface area contributed by atoms with Gasteiger partial charge in [-0.1, -0.05) is 11.9 Å². The standard InChI is InChI=1S/C10H20N2O2S/c1-10(2,3)14-9(13)11-8-5-6-12(7-8)15-4/h8H,5-7H2,1-4H3,(H,11,13)/t8-/m1/s1. The molecule has 1 aliphatic heterocycles. The summed E-state index contributed by atoms with van der Waals surface area (Å²) in [6.07, 6.45) is 2.74. The van der Waals surface area contributed by atoms with Crippen LogP contribution in [0.4, 0.5) is 4.79 Å². The van der Waals surface area contributed by atoms with Crippen molar-refractivity contribution in [3.8, 4) is 0 Å². The number of carbonyl (C=O) groups excluding carboxylic acids is 1. The Kier molecular flexibility index (Phi) is 4.28. The monoisotopic (exact) mass is 232 g/mol. The molecule has 0 bridgehead atoms. The molecule has 0 aromatic rings. The van der Waals surface area contributed by atoms with Gasteiger partial charge in [0.15, 0.2) is 0 Å². The van der Waals surface area contributed by atoms with Gasteiger partial charge in [0.2, 0.25) is 0 Å². The highest BCUT2D eigenvalue weighted by Gasteiger charge is 2.25. The van der Waals surface area contributed by atoms with Crippen LogP contribution >= 0.6 is 11.9 Å². The largest absolute Gasteiger partial charge is 0.444 e. The van der Waals surface area contributed by atoms with Gasteiger partial charge in [-0.3, -0.25) is 0 Å². The van der Waals surface area contributed by atoms with Crippen LogP contribution in [0.3, 0.4) is 0 Å². The fourth-order valence-corrected chi connectivity index (χ4v) is 2.10. The Morgan fingerprint density at radius 2 is 2.20 bits per heavy atom. The third-order valence-corrected chi connectivity index (χ3v) is 2.98. The lowest BCUT2D eigenvalue weighted by Gasteiger charge is -2.21. The fourth-order valence-electron chi connectivity index (χ4n) is 1.49. The summed E-state index contributed by atoms with van der Waals surface area (Å²) in [6, 6.07) is 0.229. The number of rotatable bonds is 2. The van der Waals surface area contributed by atoms with Crippen molar-refractivity contribution in [1.29, 1.82) is 0 Å². The van der Waals surface area contributed by atoms with Crippen LogP contribution in [0.1, 0.15) is 27.2 Å². The maximum atomic E-state index is 11.5. The molecule has 0 aromatic heterocycles. The average molecular weight is 232 g/mol. The number of nitrogens with one attached hydrogen (secondary N) is 1. The lowest BCUT2D eigenvalue weighted by Crippen LogP contribution is -2.40. The second-order valence-electron chi connectivity index (χ2n) is 4.70. The first-order valence-electron chi connectivity index (χ1n) is 5.19. The molecule has 1 heterocycles. The van der Waals surface area contributed by atoms with Crippen LogP contribution in [0.2, 0.25) is 0 Å². The van der Waals surface area contributed by atoms with E-state index in [2.05, 4.69) is 15.9 Å². The Labute approximate surface area is 95.9 Å². The highest BCUT2D eigenvalue weighted by atomic mass is 32.2. The zero-order valence-corrected chi connectivity index (χ0v) is 10.7. The summed E-state index contributed by atoms with van der Waals surface area (Å²) >= 11 is 1.72. The molecule has 1 fully saturated rings. The molecular formula is C10H20N2O2S. The number of carbonyl (C=O) groups is 1. The van der Waals surface area contributed by atoms with Gasteiger partial charge in [0.1, 0.15) is 5.60 Å². The third-order valence-electron chi connectivity index (χ3n) is 2.13. The predicted octanol–water partition coefficient (Wildman–Crippen LogP) is 1.86. The first kappa shape index (κ1) is 12.6. The number of ether oxygens (including phenoxy) is 1. The van der Waals surface area contributed by atoms with Crippen molar-refractivity contribution in [2.24, 2.45) is 0 Å². The molecule has 0 unspecified atom stereocenters. The molecule has 0 radical (unpaired) electrons. The predicted molar refractivity (Wildman–Crippen MR) is 62.9 cm³/mol. The fraction of sp³-hybridized carbons (Fsp3) is 0.900. The van der Waals surface area contributed by atoms with Crippen molar-refractivity contribution in [2.75, 3.05) is 19.3 Å². The van der Waals surface area contributed by atoms with Gasteiger partial charge >= 0.3 is 6.09 Å². The zero-order valence-electron chi connectivity index (χ0n) is 9.87. The SMILES string of the molecule is CSN1CC[C@@H](NC(=O)OC(C)(C)C)C1. The van der Waals surface area contributed by atoms with Crippen molar-refractivity contribution in [3.05, 3.63) is 0 Å². The van der Waals surface area contributed by atoms with Crippen LogP contribution in [0, 0.1) is 0 Å². The van der Waals surface area contributed by atoms with Crippen LogP contribution in [-0.4, -0.2) is 41.4 Å². The molecule has 15 heavy (non-hydrogen) atoms. The van der Waals surface area contributed by atoms with Crippen LogP contribution in [0.15, 0.2) is 0 Å². The normalized spacial score (nSPS) is 22.8. The Morgan fingerprint density at radius 1 is 1.53 bits per heavy atom. The number of nitrogens with zero attached hydrogens (tertiary/aromatic N) is 1. The Hall–Kier alpha value is -0.420. The van der Waals surface area contributed by atoms with Crippen molar-refractivity contribution in [1.82, 2.24) is 9.62 Å². The Morgan fingerprint density at radius 3 is 2.67 bits per heavy atom. The highest BCUT2D eigenvalue weighted by molar-refractivity contribution is 7.96. The van der Waals surface area contributed by atoms with Gasteiger partial charge in [-0.15, -0.1) is 0 Å². The van der Waals surface area contributed by atoms with Gasteiger partial charge in [-0.05, 0) is 33.4 Å². The van der Waals surface area contributed by atoms with Crippen molar-refractivity contribution in [3.63, 3.8) is 0 Å². The third kappa shape index (κ3) is 4.75. The molecule has 1 rings (SSSR count). The van der Waals surface area contributed by atoms with E-state index in [1.807, 2.05) is 20.8 Å². The lowest BCUT2D eigenvalue weighted by molar-refractivity contribution is 0.0507. The quantitative estimate of drug-likeness (QED) is 0.738. The van der Waals surface area contributed by atoms with E-state index in [9.17, 15) is 4.79 Å². The van der Waals surface area contributed by atoms with Gasteiger partial charge in [0, 0.05) is 19.1 Å². The van der Waals surface area contributed by atoms with E-state index in [0.29, 0.717) is 0 Å². The second-order valence-corrected chi connectivity index (χ2v) is 5.58. The maximum Gasteiger partial charge on any atom is 0.407 e. The zero-order chi connectivity index (χ0) is 11.5. The molecule has 1 atom stereocenters. The molecular weight excluding hydrogens is 212 g/mol. The molecule has 0 aliphatic carbocycles. The summed E-state index contributed by atoms with van der Waals surface area (Å²) in [5, 5.41) is 2.88. The summed E-state index contributed by atoms with van der Waals surface area (Å²) in [6.45, 7) is 7.54.